The zero-order chi connectivity index (χ0) is 20.5. The van der Waals surface area contributed by atoms with Crippen molar-refractivity contribution in [1.82, 2.24) is 9.97 Å². The Labute approximate surface area is 173 Å². The zero-order valence-corrected chi connectivity index (χ0v) is 16.3. The molecule has 0 unspecified atom stereocenters. The lowest BCUT2D eigenvalue weighted by Crippen LogP contribution is -2.07. The molecule has 1 aliphatic carbocycles. The van der Waals surface area contributed by atoms with Gasteiger partial charge in [-0.1, -0.05) is 49.0 Å². The molecule has 5 rings (SSSR count). The van der Waals surface area contributed by atoms with Crippen LogP contribution < -0.4 is 10.6 Å². The number of furan rings is 1. The third-order valence-electron chi connectivity index (χ3n) is 5.05. The zero-order valence-electron chi connectivity index (χ0n) is 16.3. The highest BCUT2D eigenvalue weighted by molar-refractivity contribution is 6.07. The Kier molecular flexibility index (Phi) is 4.52. The molecule has 0 spiro atoms. The van der Waals surface area contributed by atoms with Crippen LogP contribution in [0.4, 0.5) is 11.5 Å². The fourth-order valence-electron chi connectivity index (χ4n) is 3.48. The molecule has 30 heavy (non-hydrogen) atoms. The number of hydrogen-bond donors (Lipinski definition) is 2. The second-order valence-electron chi connectivity index (χ2n) is 7.27. The maximum Gasteiger partial charge on any atom is 0.247 e. The molecule has 0 radical (unpaired) electrons. The lowest BCUT2D eigenvalue weighted by molar-refractivity contribution is -0.111. The number of benzene rings is 2. The van der Waals surface area contributed by atoms with Crippen molar-refractivity contribution in [2.75, 3.05) is 10.6 Å². The minimum Gasteiger partial charge on any atom is -0.437 e. The summed E-state index contributed by atoms with van der Waals surface area (Å²) in [6, 6.07) is 18.0. The minimum absolute atomic E-state index is 0.257. The number of carbonyl (C=O) groups excluding carboxylic acids is 1. The van der Waals surface area contributed by atoms with Gasteiger partial charge in [0.25, 0.3) is 0 Å². The smallest absolute Gasteiger partial charge is 0.247 e. The van der Waals surface area contributed by atoms with Crippen molar-refractivity contribution in [3.63, 3.8) is 0 Å². The first-order valence-corrected chi connectivity index (χ1v) is 9.86. The summed E-state index contributed by atoms with van der Waals surface area (Å²) in [6.07, 6.45) is 5.04. The summed E-state index contributed by atoms with van der Waals surface area (Å²) in [6.45, 7) is 3.52. The van der Waals surface area contributed by atoms with E-state index in [1.807, 2.05) is 54.6 Å². The Morgan fingerprint density at radius 2 is 1.87 bits per heavy atom. The molecule has 1 amide bonds. The average molecular weight is 396 g/mol. The van der Waals surface area contributed by atoms with Gasteiger partial charge in [-0.2, -0.15) is 0 Å². The molecule has 0 bridgehead atoms. The van der Waals surface area contributed by atoms with Gasteiger partial charge in [-0.15, -0.1) is 0 Å². The van der Waals surface area contributed by atoms with E-state index in [9.17, 15) is 4.79 Å². The molecule has 0 aliphatic heterocycles. The molecule has 6 nitrogen and oxygen atoms in total. The van der Waals surface area contributed by atoms with Crippen LogP contribution in [0.1, 0.15) is 12.8 Å². The second kappa shape index (κ2) is 7.48. The van der Waals surface area contributed by atoms with Crippen molar-refractivity contribution in [2.24, 2.45) is 0 Å². The average Bonchev–Trinajstić information content (AvgIpc) is 3.51. The molecular formula is C24H20N4O2. The van der Waals surface area contributed by atoms with Gasteiger partial charge in [0.2, 0.25) is 11.6 Å². The van der Waals surface area contributed by atoms with Crippen LogP contribution in [0.3, 0.4) is 0 Å². The lowest BCUT2D eigenvalue weighted by Gasteiger charge is -2.09. The number of nitrogens with one attached hydrogen (secondary N) is 2. The third kappa shape index (κ3) is 3.43. The fraction of sp³-hybridized carbons (Fsp3) is 0.125. The fourth-order valence-corrected chi connectivity index (χ4v) is 3.48. The van der Waals surface area contributed by atoms with Gasteiger partial charge in [-0.05, 0) is 36.6 Å². The number of nitrogens with zero attached hydrogens (tertiary/aromatic N) is 2. The van der Waals surface area contributed by atoms with Crippen molar-refractivity contribution < 1.29 is 9.21 Å². The number of aromatic nitrogens is 2. The highest BCUT2D eigenvalue weighted by Crippen LogP contribution is 2.43. The first-order chi connectivity index (χ1) is 14.7. The molecule has 2 aromatic heterocycles. The van der Waals surface area contributed by atoms with E-state index in [1.54, 1.807) is 0 Å². The van der Waals surface area contributed by atoms with Gasteiger partial charge in [0.15, 0.2) is 0 Å². The van der Waals surface area contributed by atoms with E-state index in [2.05, 4.69) is 27.2 Å². The first-order valence-electron chi connectivity index (χ1n) is 9.86. The predicted molar refractivity (Wildman–Crippen MR) is 118 cm³/mol. The van der Waals surface area contributed by atoms with Crippen molar-refractivity contribution in [3.8, 4) is 22.5 Å². The molecule has 6 heteroatoms. The molecule has 0 atom stereocenters. The van der Waals surface area contributed by atoms with Crippen molar-refractivity contribution in [1.29, 1.82) is 0 Å². The van der Waals surface area contributed by atoms with Gasteiger partial charge in [0.05, 0.1) is 5.39 Å². The number of anilines is 2. The number of hydrogen-bond acceptors (Lipinski definition) is 5. The van der Waals surface area contributed by atoms with E-state index in [1.165, 1.54) is 12.4 Å². The van der Waals surface area contributed by atoms with E-state index in [0.29, 0.717) is 17.4 Å². The maximum absolute atomic E-state index is 11.8. The SMILES string of the molecule is C=CC(=O)Nc1cccc(-c2c(-c3ccccc3)oc3ncnc(NC4CC4)c23)c1. The van der Waals surface area contributed by atoms with Crippen molar-refractivity contribution in [3.05, 3.63) is 73.6 Å². The Hall–Kier alpha value is -3.93. The van der Waals surface area contributed by atoms with E-state index in [0.717, 1.165) is 46.5 Å². The molecule has 1 aliphatic rings. The third-order valence-corrected chi connectivity index (χ3v) is 5.05. The molecule has 0 saturated heterocycles. The van der Waals surface area contributed by atoms with E-state index in [-0.39, 0.29) is 5.91 Å². The van der Waals surface area contributed by atoms with Crippen LogP contribution in [0.2, 0.25) is 0 Å². The molecule has 2 N–H and O–H groups in total. The number of fused-ring (bicyclic) bond motifs is 1. The molecule has 148 valence electrons. The number of carbonyl (C=O) groups is 1. The minimum atomic E-state index is -0.257. The Morgan fingerprint density at radius 1 is 1.07 bits per heavy atom. The first kappa shape index (κ1) is 18.1. The second-order valence-corrected chi connectivity index (χ2v) is 7.27. The maximum atomic E-state index is 11.8. The monoisotopic (exact) mass is 396 g/mol. The summed E-state index contributed by atoms with van der Waals surface area (Å²) in [5.41, 5.74) is 3.96. The lowest BCUT2D eigenvalue weighted by atomic mass is 9.98. The summed E-state index contributed by atoms with van der Waals surface area (Å²) in [5.74, 6) is 1.23. The van der Waals surface area contributed by atoms with Gasteiger partial charge < -0.3 is 15.1 Å². The van der Waals surface area contributed by atoms with Crippen LogP contribution in [0.25, 0.3) is 33.6 Å². The van der Waals surface area contributed by atoms with Crippen molar-refractivity contribution in [2.45, 2.75) is 18.9 Å². The standard InChI is InChI=1S/C24H20N4O2/c1-2-19(29)27-18-10-6-9-16(13-18)20-21-23(28-17-11-12-17)25-14-26-24(21)30-22(20)15-7-4-3-5-8-15/h2-10,13-14,17H,1,11-12H2,(H,27,29)(H,25,26,28). The van der Waals surface area contributed by atoms with Gasteiger partial charge in [-0.3, -0.25) is 4.79 Å². The van der Waals surface area contributed by atoms with E-state index >= 15 is 0 Å². The van der Waals surface area contributed by atoms with Crippen LogP contribution in [-0.4, -0.2) is 21.9 Å². The quantitative estimate of drug-likeness (QED) is 0.435. The summed E-state index contributed by atoms with van der Waals surface area (Å²) in [7, 11) is 0. The topological polar surface area (TPSA) is 80.1 Å². The number of rotatable bonds is 6. The summed E-state index contributed by atoms with van der Waals surface area (Å²) in [4.78, 5) is 20.7. The van der Waals surface area contributed by atoms with Gasteiger partial charge >= 0.3 is 0 Å². The van der Waals surface area contributed by atoms with Crippen LogP contribution in [0, 0.1) is 0 Å². The predicted octanol–water partition coefficient (Wildman–Crippen LogP) is 5.26. The summed E-state index contributed by atoms with van der Waals surface area (Å²) >= 11 is 0. The Morgan fingerprint density at radius 3 is 2.63 bits per heavy atom. The Bertz CT molecular complexity index is 1240. The molecule has 1 saturated carbocycles. The highest BCUT2D eigenvalue weighted by atomic mass is 16.3. The van der Waals surface area contributed by atoms with Crippen LogP contribution in [0.5, 0.6) is 0 Å². The van der Waals surface area contributed by atoms with Crippen LogP contribution >= 0.6 is 0 Å². The summed E-state index contributed by atoms with van der Waals surface area (Å²) in [5, 5.41) is 7.16. The highest BCUT2D eigenvalue weighted by Gasteiger charge is 2.26. The van der Waals surface area contributed by atoms with E-state index < -0.39 is 0 Å². The van der Waals surface area contributed by atoms with Gasteiger partial charge in [-0.25, -0.2) is 9.97 Å². The van der Waals surface area contributed by atoms with Gasteiger partial charge in [0.1, 0.15) is 17.9 Å². The Balaban J connectivity index is 1.73. The molecule has 2 aromatic carbocycles. The number of amides is 1. The molecule has 4 aromatic rings. The van der Waals surface area contributed by atoms with E-state index in [4.69, 9.17) is 4.42 Å². The molecular weight excluding hydrogens is 376 g/mol. The van der Waals surface area contributed by atoms with Crippen molar-refractivity contribution >= 4 is 28.5 Å². The van der Waals surface area contributed by atoms with Crippen LogP contribution in [0.15, 0.2) is 78.0 Å². The van der Waals surface area contributed by atoms with Gasteiger partial charge in [0, 0.05) is 22.9 Å². The largest absolute Gasteiger partial charge is 0.437 e. The summed E-state index contributed by atoms with van der Waals surface area (Å²) < 4.78 is 6.23. The molecule has 2 heterocycles. The van der Waals surface area contributed by atoms with Crippen LogP contribution in [-0.2, 0) is 4.79 Å². The molecule has 1 fully saturated rings. The normalized spacial score (nSPS) is 13.2.